The van der Waals surface area contributed by atoms with Crippen molar-refractivity contribution < 1.29 is 33.8 Å². The summed E-state index contributed by atoms with van der Waals surface area (Å²) in [7, 11) is -10.6. The van der Waals surface area contributed by atoms with Gasteiger partial charge >= 0.3 is 15.2 Å². The summed E-state index contributed by atoms with van der Waals surface area (Å²) >= 11 is 0. The first-order valence-corrected chi connectivity index (χ1v) is 8.28. The Kier molecular flexibility index (Phi) is 5.98. The van der Waals surface area contributed by atoms with Gasteiger partial charge in [0.15, 0.2) is 0 Å². The zero-order valence-electron chi connectivity index (χ0n) is 9.72. The van der Waals surface area contributed by atoms with Gasteiger partial charge in [-0.15, -0.1) is 0 Å². The van der Waals surface area contributed by atoms with Crippen LogP contribution in [-0.4, -0.2) is 54.3 Å². The molecule has 0 aromatic rings. The molecule has 0 atom stereocenters. The van der Waals surface area contributed by atoms with Crippen LogP contribution in [0, 0.1) is 0 Å². The van der Waals surface area contributed by atoms with Gasteiger partial charge in [0.05, 0.1) is 0 Å². The van der Waals surface area contributed by atoms with E-state index < -0.39 is 26.7 Å². The highest BCUT2D eigenvalue weighted by Gasteiger charge is 2.58. The van der Waals surface area contributed by atoms with Crippen molar-refractivity contribution in [3.8, 4) is 0 Å². The topological polar surface area (TPSA) is 139 Å². The average Bonchev–Trinajstić information content (AvgIpc) is 2.15. The van der Waals surface area contributed by atoms with Gasteiger partial charge < -0.3 is 29.6 Å². The summed E-state index contributed by atoms with van der Waals surface area (Å²) in [5, 5.41) is 6.27. The molecule has 104 valence electrons. The Hall–Kier alpha value is 0.220. The van der Waals surface area contributed by atoms with Crippen molar-refractivity contribution in [2.45, 2.75) is 25.4 Å². The maximum absolute atomic E-state index is 11.0. The molecular formula is C7H19NO7P2. The minimum Gasteiger partial charge on any atom is -0.367 e. The molecule has 17 heavy (non-hydrogen) atoms. The van der Waals surface area contributed by atoms with Crippen LogP contribution in [0.4, 0.5) is 0 Å². The van der Waals surface area contributed by atoms with E-state index in [1.165, 1.54) is 0 Å². The van der Waals surface area contributed by atoms with Gasteiger partial charge in [-0.2, -0.15) is 0 Å². The molecule has 8 nitrogen and oxygen atoms in total. The van der Waals surface area contributed by atoms with Gasteiger partial charge in [0, 0.05) is 13.0 Å². The molecule has 0 spiro atoms. The molecule has 10 heteroatoms. The van der Waals surface area contributed by atoms with Crippen LogP contribution in [0.2, 0.25) is 0 Å². The van der Waals surface area contributed by atoms with Crippen LogP contribution < -0.4 is 0 Å². The van der Waals surface area contributed by atoms with Crippen LogP contribution in [0.5, 0.6) is 0 Å². The third-order valence-corrected chi connectivity index (χ3v) is 6.47. The lowest BCUT2D eigenvalue weighted by atomic mass is 10.4. The Balaban J connectivity index is 5.01. The average molecular weight is 291 g/mol. The van der Waals surface area contributed by atoms with Gasteiger partial charge in [0.1, 0.15) is 0 Å². The zero-order chi connectivity index (χ0) is 13.9. The fourth-order valence-corrected chi connectivity index (χ4v) is 3.45. The molecule has 0 aromatic carbocycles. The number of hydrogen-bond donors (Lipinski definition) is 5. The van der Waals surface area contributed by atoms with Gasteiger partial charge in [-0.1, -0.05) is 13.8 Å². The van der Waals surface area contributed by atoms with Crippen molar-refractivity contribution in [1.82, 2.24) is 4.90 Å². The summed E-state index contributed by atoms with van der Waals surface area (Å²) in [6.07, 6.45) is -0.691. The van der Waals surface area contributed by atoms with E-state index in [-0.39, 0.29) is 6.54 Å². The molecule has 0 aromatic heterocycles. The Morgan fingerprint density at radius 3 is 1.59 bits per heavy atom. The SMILES string of the molecule is CCN(CC)CCC(O)(P(=O)(O)O)P(=O)(O)O. The molecule has 5 N–H and O–H groups in total. The van der Waals surface area contributed by atoms with Crippen molar-refractivity contribution in [1.29, 1.82) is 0 Å². The normalized spacial score (nSPS) is 14.4. The number of rotatable bonds is 7. The molecule has 0 bridgehead atoms. The lowest BCUT2D eigenvalue weighted by Crippen LogP contribution is -2.35. The Morgan fingerprint density at radius 1 is 1.00 bits per heavy atom. The van der Waals surface area contributed by atoms with Crippen molar-refractivity contribution in [3.63, 3.8) is 0 Å². The minimum atomic E-state index is -5.32. The smallest absolute Gasteiger partial charge is 0.367 e. The van der Waals surface area contributed by atoms with E-state index in [1.807, 2.05) is 0 Å². The van der Waals surface area contributed by atoms with E-state index in [1.54, 1.807) is 18.7 Å². The van der Waals surface area contributed by atoms with E-state index >= 15 is 0 Å². The summed E-state index contributed by atoms with van der Waals surface area (Å²) < 4.78 is 22.0. The van der Waals surface area contributed by atoms with Gasteiger partial charge in [-0.05, 0) is 13.1 Å². The predicted octanol–water partition coefficient (Wildman–Crippen LogP) is -0.280. The van der Waals surface area contributed by atoms with Gasteiger partial charge in [0.2, 0.25) is 0 Å². The quantitative estimate of drug-likeness (QED) is 0.404. The molecule has 0 aliphatic heterocycles. The third kappa shape index (κ3) is 4.12. The molecule has 0 unspecified atom stereocenters. The molecule has 0 heterocycles. The Labute approximate surface area is 99.6 Å². The minimum absolute atomic E-state index is 0.0142. The maximum Gasteiger partial charge on any atom is 0.369 e. The monoisotopic (exact) mass is 291 g/mol. The largest absolute Gasteiger partial charge is 0.369 e. The van der Waals surface area contributed by atoms with Crippen LogP contribution in [-0.2, 0) is 9.13 Å². The summed E-state index contributed by atoms with van der Waals surface area (Å²) in [6.45, 7) is 4.67. The highest BCUT2D eigenvalue weighted by Crippen LogP contribution is 2.68. The number of nitrogens with zero attached hydrogens (tertiary/aromatic N) is 1. The van der Waals surface area contributed by atoms with E-state index in [4.69, 9.17) is 19.6 Å². The Bertz CT molecular complexity index is 309. The zero-order valence-corrected chi connectivity index (χ0v) is 11.5. The van der Waals surface area contributed by atoms with Crippen LogP contribution in [0.1, 0.15) is 20.3 Å². The fraction of sp³-hybridized carbons (Fsp3) is 1.00. The maximum atomic E-state index is 11.0. The van der Waals surface area contributed by atoms with Crippen molar-refractivity contribution in [2.24, 2.45) is 0 Å². The summed E-state index contributed by atoms with van der Waals surface area (Å²) in [6, 6.07) is 0. The first-order chi connectivity index (χ1) is 7.49. The molecule has 0 rings (SSSR count). The second kappa shape index (κ2) is 5.91. The highest BCUT2D eigenvalue weighted by atomic mass is 31.2. The van der Waals surface area contributed by atoms with Gasteiger partial charge in [0.25, 0.3) is 5.08 Å². The molecule has 0 radical (unpaired) electrons. The standard InChI is InChI=1S/C7H19NO7P2/c1-3-8(4-2)6-5-7(9,16(10,11)12)17(13,14)15/h9H,3-6H2,1-2H3,(H2,10,11,12)(H2,13,14,15). The van der Waals surface area contributed by atoms with Gasteiger partial charge in [-0.3, -0.25) is 9.13 Å². The summed E-state index contributed by atoms with van der Waals surface area (Å²) in [5.41, 5.74) is 0. The summed E-state index contributed by atoms with van der Waals surface area (Å²) in [5.74, 6) is 0. The molecule has 0 fully saturated rings. The second-order valence-electron chi connectivity index (χ2n) is 3.64. The number of hydrogen-bond acceptors (Lipinski definition) is 4. The van der Waals surface area contributed by atoms with Crippen LogP contribution in [0.25, 0.3) is 0 Å². The van der Waals surface area contributed by atoms with Crippen molar-refractivity contribution in [3.05, 3.63) is 0 Å². The first-order valence-electron chi connectivity index (χ1n) is 5.05. The fourth-order valence-electron chi connectivity index (χ4n) is 1.31. The van der Waals surface area contributed by atoms with Crippen molar-refractivity contribution >= 4 is 15.2 Å². The molecule has 0 aliphatic carbocycles. The number of aliphatic hydroxyl groups is 1. The molecule has 0 saturated carbocycles. The summed E-state index contributed by atoms with van der Waals surface area (Å²) in [4.78, 5) is 37.2. The predicted molar refractivity (Wildman–Crippen MR) is 61.4 cm³/mol. The lowest BCUT2D eigenvalue weighted by molar-refractivity contribution is 0.110. The molecule has 0 saturated heterocycles. The highest BCUT2D eigenvalue weighted by molar-refractivity contribution is 7.72. The molecule has 0 amide bonds. The van der Waals surface area contributed by atoms with Crippen LogP contribution >= 0.6 is 15.2 Å². The van der Waals surface area contributed by atoms with Crippen LogP contribution in [0.15, 0.2) is 0 Å². The van der Waals surface area contributed by atoms with Crippen LogP contribution in [0.3, 0.4) is 0 Å². The van der Waals surface area contributed by atoms with Crippen molar-refractivity contribution in [2.75, 3.05) is 19.6 Å². The molecule has 0 aliphatic rings. The van der Waals surface area contributed by atoms with E-state index in [9.17, 15) is 14.2 Å². The molecular weight excluding hydrogens is 272 g/mol. The second-order valence-corrected chi connectivity index (χ2v) is 7.65. The van der Waals surface area contributed by atoms with E-state index in [2.05, 4.69) is 0 Å². The van der Waals surface area contributed by atoms with Gasteiger partial charge in [-0.25, -0.2) is 0 Å². The lowest BCUT2D eigenvalue weighted by Gasteiger charge is -2.31. The third-order valence-electron chi connectivity index (χ3n) is 2.59. The van der Waals surface area contributed by atoms with E-state index in [0.29, 0.717) is 13.1 Å². The van der Waals surface area contributed by atoms with E-state index in [0.717, 1.165) is 0 Å². The Morgan fingerprint density at radius 2 is 1.35 bits per heavy atom. The first kappa shape index (κ1) is 17.2.